The second-order valence-electron chi connectivity index (χ2n) is 6.34. The molecule has 0 N–H and O–H groups in total. The van der Waals surface area contributed by atoms with Gasteiger partial charge in [0.25, 0.3) is 0 Å². The van der Waals surface area contributed by atoms with Crippen molar-refractivity contribution in [2.75, 3.05) is 6.61 Å². The number of pyridine rings is 1. The Morgan fingerprint density at radius 1 is 1.22 bits per heavy atom. The minimum Gasteiger partial charge on any atom is -0.373 e. The molecule has 5 heterocycles. The molecule has 1 fully saturated rings. The van der Waals surface area contributed by atoms with Crippen molar-refractivity contribution in [2.45, 2.75) is 25.5 Å². The van der Waals surface area contributed by atoms with Gasteiger partial charge in [-0.2, -0.15) is 4.98 Å². The van der Waals surface area contributed by atoms with Crippen molar-refractivity contribution in [3.05, 3.63) is 59.8 Å². The fraction of sp³-hybridized carbons (Fsp3) is 0.263. The summed E-state index contributed by atoms with van der Waals surface area (Å²) in [5.74, 6) is 1.96. The number of aromatic nitrogens is 5. The van der Waals surface area contributed by atoms with Gasteiger partial charge < -0.3 is 13.8 Å². The largest absolute Gasteiger partial charge is 0.373 e. The van der Waals surface area contributed by atoms with Crippen LogP contribution in [0.15, 0.2) is 53.6 Å². The number of hydrogen-bond donors (Lipinski definition) is 0. The molecule has 27 heavy (non-hydrogen) atoms. The molecular weight excluding hydrogens is 362 g/mol. The lowest BCUT2D eigenvalue weighted by molar-refractivity contribution is 0.114. The molecule has 0 amide bonds. The van der Waals surface area contributed by atoms with E-state index in [1.807, 2.05) is 22.9 Å². The molecule has 0 spiro atoms. The van der Waals surface area contributed by atoms with Crippen LogP contribution in [-0.4, -0.2) is 31.3 Å². The molecule has 1 aliphatic rings. The molecule has 1 atom stereocenters. The summed E-state index contributed by atoms with van der Waals surface area (Å²) < 4.78 is 13.2. The predicted molar refractivity (Wildman–Crippen MR) is 100 cm³/mol. The first kappa shape index (κ1) is 16.3. The van der Waals surface area contributed by atoms with E-state index in [9.17, 15) is 0 Å². The van der Waals surface area contributed by atoms with E-state index in [0.717, 1.165) is 35.7 Å². The number of rotatable bonds is 5. The van der Waals surface area contributed by atoms with Gasteiger partial charge in [0.05, 0.1) is 11.0 Å². The van der Waals surface area contributed by atoms with E-state index in [2.05, 4.69) is 32.2 Å². The Morgan fingerprint density at radius 3 is 3.07 bits per heavy atom. The Bertz CT molecular complexity index is 1030. The van der Waals surface area contributed by atoms with Crippen LogP contribution >= 0.6 is 11.3 Å². The van der Waals surface area contributed by atoms with Gasteiger partial charge in [0.15, 0.2) is 0 Å². The fourth-order valence-electron chi connectivity index (χ4n) is 3.19. The summed E-state index contributed by atoms with van der Waals surface area (Å²) >= 11 is 1.73. The average Bonchev–Trinajstić information content (AvgIpc) is 3.48. The van der Waals surface area contributed by atoms with Crippen LogP contribution in [0.4, 0.5) is 0 Å². The maximum atomic E-state index is 5.79. The lowest BCUT2D eigenvalue weighted by Gasteiger charge is -2.05. The van der Waals surface area contributed by atoms with Gasteiger partial charge in [0.1, 0.15) is 12.4 Å². The second-order valence-corrected chi connectivity index (χ2v) is 7.45. The van der Waals surface area contributed by atoms with E-state index < -0.39 is 0 Å². The van der Waals surface area contributed by atoms with Crippen LogP contribution in [-0.2, 0) is 11.3 Å². The first-order valence-corrected chi connectivity index (χ1v) is 9.64. The Balaban J connectivity index is 1.37. The fourth-order valence-corrected chi connectivity index (χ4v) is 4.29. The third-order valence-electron chi connectivity index (χ3n) is 4.50. The molecule has 8 heteroatoms. The summed E-state index contributed by atoms with van der Waals surface area (Å²) in [5, 5.41) is 4.05. The molecule has 1 aliphatic heterocycles. The Labute approximate surface area is 159 Å². The van der Waals surface area contributed by atoms with Gasteiger partial charge in [0.2, 0.25) is 11.7 Å². The summed E-state index contributed by atoms with van der Waals surface area (Å²) in [4.78, 5) is 15.5. The second kappa shape index (κ2) is 7.05. The lowest BCUT2D eigenvalue weighted by atomic mass is 10.2. The van der Waals surface area contributed by atoms with E-state index in [1.165, 1.54) is 4.88 Å². The monoisotopic (exact) mass is 379 g/mol. The molecule has 0 bridgehead atoms. The Hall–Kier alpha value is -2.84. The molecule has 4 aromatic rings. The highest BCUT2D eigenvalue weighted by Crippen LogP contribution is 2.36. The number of ether oxygens (including phenoxy) is 1. The van der Waals surface area contributed by atoms with Crippen molar-refractivity contribution in [3.8, 4) is 22.1 Å². The molecule has 0 saturated carbocycles. The average molecular weight is 379 g/mol. The minimum absolute atomic E-state index is 0.227. The summed E-state index contributed by atoms with van der Waals surface area (Å²) in [6, 6.07) is 8.00. The van der Waals surface area contributed by atoms with Crippen molar-refractivity contribution in [1.82, 2.24) is 24.7 Å². The first-order chi connectivity index (χ1) is 13.4. The van der Waals surface area contributed by atoms with Crippen LogP contribution < -0.4 is 0 Å². The van der Waals surface area contributed by atoms with Gasteiger partial charge in [-0.25, -0.2) is 4.98 Å². The first-order valence-electron chi connectivity index (χ1n) is 8.82. The van der Waals surface area contributed by atoms with Gasteiger partial charge in [0, 0.05) is 41.8 Å². The molecule has 1 saturated heterocycles. The topological polar surface area (TPSA) is 78.9 Å². The van der Waals surface area contributed by atoms with E-state index in [4.69, 9.17) is 9.26 Å². The van der Waals surface area contributed by atoms with Crippen LogP contribution in [0, 0.1) is 0 Å². The molecule has 0 aromatic carbocycles. The van der Waals surface area contributed by atoms with Crippen molar-refractivity contribution in [1.29, 1.82) is 0 Å². The smallest absolute Gasteiger partial charge is 0.246 e. The molecule has 5 rings (SSSR count). The minimum atomic E-state index is 0.227. The highest BCUT2D eigenvalue weighted by Gasteiger charge is 2.21. The van der Waals surface area contributed by atoms with Crippen molar-refractivity contribution < 1.29 is 9.26 Å². The normalized spacial score (nSPS) is 16.8. The highest BCUT2D eigenvalue weighted by atomic mass is 32.1. The predicted octanol–water partition coefficient (Wildman–Crippen LogP) is 3.96. The van der Waals surface area contributed by atoms with Crippen LogP contribution in [0.5, 0.6) is 0 Å². The third kappa shape index (κ3) is 3.29. The molecular formula is C19H17N5O2S. The van der Waals surface area contributed by atoms with Gasteiger partial charge in [-0.3, -0.25) is 4.98 Å². The number of imidazole rings is 1. The van der Waals surface area contributed by atoms with E-state index in [-0.39, 0.29) is 6.10 Å². The van der Waals surface area contributed by atoms with E-state index >= 15 is 0 Å². The van der Waals surface area contributed by atoms with Crippen LogP contribution in [0.25, 0.3) is 22.1 Å². The van der Waals surface area contributed by atoms with Crippen molar-refractivity contribution in [2.24, 2.45) is 0 Å². The standard InChI is InChI=1S/C19H17N5O2S/c1-3-13(11-20-7-1)18-22-17(26-23-18)12-24-9-8-21-19(24)16-6-5-15(27-16)14-4-2-10-25-14/h1,3,5-9,11,14H,2,4,10,12H2. The summed E-state index contributed by atoms with van der Waals surface area (Å²) in [7, 11) is 0. The Kier molecular flexibility index (Phi) is 4.27. The van der Waals surface area contributed by atoms with Crippen molar-refractivity contribution in [3.63, 3.8) is 0 Å². The Morgan fingerprint density at radius 2 is 2.22 bits per heavy atom. The molecule has 7 nitrogen and oxygen atoms in total. The zero-order valence-corrected chi connectivity index (χ0v) is 15.3. The maximum absolute atomic E-state index is 5.79. The third-order valence-corrected chi connectivity index (χ3v) is 5.68. The van der Waals surface area contributed by atoms with E-state index in [1.54, 1.807) is 29.9 Å². The number of hydrogen-bond acceptors (Lipinski definition) is 7. The summed E-state index contributed by atoms with van der Waals surface area (Å²) in [5.41, 5.74) is 0.831. The molecule has 0 radical (unpaired) electrons. The van der Waals surface area contributed by atoms with Gasteiger partial charge >= 0.3 is 0 Å². The molecule has 136 valence electrons. The summed E-state index contributed by atoms with van der Waals surface area (Å²) in [6.45, 7) is 1.32. The highest BCUT2D eigenvalue weighted by molar-refractivity contribution is 7.15. The maximum Gasteiger partial charge on any atom is 0.246 e. The van der Waals surface area contributed by atoms with Crippen LogP contribution in [0.3, 0.4) is 0 Å². The summed E-state index contributed by atoms with van der Waals surface area (Å²) in [6.07, 6.45) is 9.60. The zero-order valence-electron chi connectivity index (χ0n) is 14.5. The van der Waals surface area contributed by atoms with E-state index in [0.29, 0.717) is 18.3 Å². The van der Waals surface area contributed by atoms with Crippen LogP contribution in [0.2, 0.25) is 0 Å². The van der Waals surface area contributed by atoms with Gasteiger partial charge in [-0.05, 0) is 37.1 Å². The molecule has 4 aromatic heterocycles. The number of nitrogens with zero attached hydrogens (tertiary/aromatic N) is 5. The zero-order chi connectivity index (χ0) is 18.1. The van der Waals surface area contributed by atoms with Gasteiger partial charge in [-0.15, -0.1) is 11.3 Å². The molecule has 1 unspecified atom stereocenters. The lowest BCUT2D eigenvalue weighted by Crippen LogP contribution is -2.00. The van der Waals surface area contributed by atoms with Gasteiger partial charge in [-0.1, -0.05) is 5.16 Å². The van der Waals surface area contributed by atoms with Crippen molar-refractivity contribution >= 4 is 11.3 Å². The SMILES string of the molecule is c1cncc(-c2noc(Cn3ccnc3-c3ccc(C4CCCO4)s3)n2)c1. The quantitative estimate of drug-likeness (QED) is 0.522. The molecule has 0 aliphatic carbocycles. The number of thiophene rings is 1. The van der Waals surface area contributed by atoms with Crippen LogP contribution in [0.1, 0.15) is 29.7 Å².